The Hall–Kier alpha value is -1.70. The first-order valence-electron chi connectivity index (χ1n) is 6.90. The monoisotopic (exact) mass is 297 g/mol. The van der Waals surface area contributed by atoms with Crippen molar-refractivity contribution in [3.63, 3.8) is 0 Å². The van der Waals surface area contributed by atoms with E-state index in [0.717, 1.165) is 26.3 Å². The third kappa shape index (κ3) is 6.52. The molecular weight excluding hydrogens is 274 g/mol. The smallest absolute Gasteiger partial charge is 0.304 e. The number of hydrogen-bond donors (Lipinski definition) is 4. The highest BCUT2D eigenvalue weighted by atomic mass is 16.5. The number of morpholine rings is 1. The molecule has 0 aliphatic carbocycles. The number of nitrogens with zero attached hydrogens (tertiary/aromatic N) is 1. The van der Waals surface area contributed by atoms with Gasteiger partial charge in [0.15, 0.2) is 0 Å². The van der Waals surface area contributed by atoms with Crippen LogP contribution in [0.5, 0.6) is 0 Å². The van der Waals surface area contributed by atoms with Gasteiger partial charge in [0.05, 0.1) is 37.6 Å². The van der Waals surface area contributed by atoms with E-state index in [2.05, 4.69) is 21.9 Å². The van der Waals surface area contributed by atoms with Gasteiger partial charge in [0, 0.05) is 19.0 Å². The maximum Gasteiger partial charge on any atom is 0.304 e. The Bertz CT molecular complexity index is 430. The van der Waals surface area contributed by atoms with Crippen molar-refractivity contribution >= 4 is 5.97 Å². The predicted molar refractivity (Wildman–Crippen MR) is 78.1 cm³/mol. The molecule has 1 aliphatic rings. The fourth-order valence-electron chi connectivity index (χ4n) is 1.75. The lowest BCUT2D eigenvalue weighted by Gasteiger charge is -2.10. The van der Waals surface area contributed by atoms with Crippen LogP contribution in [0.25, 0.3) is 0 Å². The van der Waals surface area contributed by atoms with Gasteiger partial charge >= 0.3 is 5.97 Å². The summed E-state index contributed by atoms with van der Waals surface area (Å²) in [6.45, 7) is 9.00. The van der Waals surface area contributed by atoms with Gasteiger partial charge in [-0.1, -0.05) is 6.08 Å². The quantitative estimate of drug-likeness (QED) is 0.599. The summed E-state index contributed by atoms with van der Waals surface area (Å²) in [5.74, 6) is -0.742. The van der Waals surface area contributed by atoms with Crippen molar-refractivity contribution in [2.75, 3.05) is 26.3 Å². The molecule has 2 rings (SSSR count). The molecule has 0 amide bonds. The summed E-state index contributed by atoms with van der Waals surface area (Å²) >= 11 is 0. The highest BCUT2D eigenvalue weighted by Crippen LogP contribution is 2.19. The van der Waals surface area contributed by atoms with E-state index in [9.17, 15) is 9.90 Å². The number of ether oxygens (including phenoxy) is 1. The largest absolute Gasteiger partial charge is 0.481 e. The van der Waals surface area contributed by atoms with Gasteiger partial charge in [0.25, 0.3) is 0 Å². The molecule has 7 nitrogen and oxygen atoms in total. The number of hydrogen-bond acceptors (Lipinski definition) is 5. The van der Waals surface area contributed by atoms with E-state index in [0.29, 0.717) is 11.5 Å². The Morgan fingerprint density at radius 2 is 2.24 bits per heavy atom. The highest BCUT2D eigenvalue weighted by Gasteiger charge is 2.16. The third-order valence-corrected chi connectivity index (χ3v) is 2.94. The lowest BCUT2D eigenvalue weighted by atomic mass is 10.1. The summed E-state index contributed by atoms with van der Waals surface area (Å²) < 4.78 is 5.01. The number of rotatable bonds is 5. The molecule has 2 atom stereocenters. The van der Waals surface area contributed by atoms with Crippen molar-refractivity contribution < 1.29 is 19.7 Å². The van der Waals surface area contributed by atoms with Crippen LogP contribution in [0.1, 0.15) is 36.9 Å². The molecule has 1 aromatic heterocycles. The first kappa shape index (κ1) is 17.4. The number of carboxylic acids is 1. The molecule has 1 aliphatic heterocycles. The van der Waals surface area contributed by atoms with Crippen LogP contribution in [-0.2, 0) is 9.53 Å². The van der Waals surface area contributed by atoms with E-state index in [4.69, 9.17) is 9.84 Å². The van der Waals surface area contributed by atoms with Gasteiger partial charge < -0.3 is 25.3 Å². The molecule has 0 radical (unpaired) electrons. The zero-order valence-corrected chi connectivity index (χ0v) is 12.2. The Labute approximate surface area is 124 Å². The third-order valence-electron chi connectivity index (χ3n) is 2.94. The van der Waals surface area contributed by atoms with E-state index in [1.165, 1.54) is 12.3 Å². The van der Waals surface area contributed by atoms with Gasteiger partial charge in [0.1, 0.15) is 5.82 Å². The number of imidazole rings is 1. The molecule has 0 saturated carbocycles. The fraction of sp³-hybridized carbons (Fsp3) is 0.571. The molecule has 2 unspecified atom stereocenters. The molecule has 0 aromatic carbocycles. The number of carboxylic acid groups (broad SMARTS) is 1. The van der Waals surface area contributed by atoms with Crippen LogP contribution in [0.4, 0.5) is 0 Å². The maximum absolute atomic E-state index is 10.5. The molecule has 7 heteroatoms. The number of aromatic nitrogens is 2. The molecule has 0 spiro atoms. The standard InChI is InChI=1S/C10H14N2O3.C4H9NO/c1-3-7(4-9(14)15)10-11-5-8(12-10)6(2)13;1-3-6-4-2-5-1/h3,5-7,13H,1,4H2,2H3,(H,11,12)(H,14,15);5H,1-4H2. The fourth-order valence-corrected chi connectivity index (χ4v) is 1.75. The van der Waals surface area contributed by atoms with Crippen molar-refractivity contribution in [1.29, 1.82) is 0 Å². The Morgan fingerprint density at radius 1 is 1.57 bits per heavy atom. The predicted octanol–water partition coefficient (Wildman–Crippen LogP) is 0.813. The van der Waals surface area contributed by atoms with Gasteiger partial charge in [0.2, 0.25) is 0 Å². The summed E-state index contributed by atoms with van der Waals surface area (Å²) in [5, 5.41) is 21.1. The normalized spacial score (nSPS) is 17.2. The number of aromatic amines is 1. The minimum atomic E-state index is -0.908. The Kier molecular flexibility index (Phi) is 7.66. The molecule has 1 saturated heterocycles. The summed E-state index contributed by atoms with van der Waals surface area (Å²) in [6, 6.07) is 0. The number of carbonyl (C=O) groups is 1. The second-order valence-electron chi connectivity index (χ2n) is 4.70. The van der Waals surface area contributed by atoms with Crippen molar-refractivity contribution in [2.24, 2.45) is 0 Å². The molecule has 0 bridgehead atoms. The van der Waals surface area contributed by atoms with Crippen molar-refractivity contribution in [3.05, 3.63) is 30.4 Å². The molecule has 118 valence electrons. The summed E-state index contributed by atoms with van der Waals surface area (Å²) in [7, 11) is 0. The van der Waals surface area contributed by atoms with E-state index in [1.807, 2.05) is 0 Å². The summed E-state index contributed by atoms with van der Waals surface area (Å²) in [5.41, 5.74) is 0.572. The van der Waals surface area contributed by atoms with Crippen molar-refractivity contribution in [1.82, 2.24) is 15.3 Å². The molecule has 2 heterocycles. The number of nitrogens with one attached hydrogen (secondary N) is 2. The number of H-pyrrole nitrogens is 1. The first-order valence-corrected chi connectivity index (χ1v) is 6.90. The highest BCUT2D eigenvalue weighted by molar-refractivity contribution is 5.68. The van der Waals surface area contributed by atoms with Crippen LogP contribution in [-0.4, -0.2) is 52.5 Å². The van der Waals surface area contributed by atoms with E-state index in [1.54, 1.807) is 6.92 Å². The summed E-state index contributed by atoms with van der Waals surface area (Å²) in [4.78, 5) is 17.4. The minimum absolute atomic E-state index is 0.0593. The Balaban J connectivity index is 0.000000304. The average molecular weight is 297 g/mol. The van der Waals surface area contributed by atoms with Crippen LogP contribution in [0.15, 0.2) is 18.9 Å². The topological polar surface area (TPSA) is 107 Å². The van der Waals surface area contributed by atoms with Gasteiger partial charge in [-0.05, 0) is 6.92 Å². The maximum atomic E-state index is 10.5. The van der Waals surface area contributed by atoms with Crippen LogP contribution in [0, 0.1) is 0 Å². The first-order chi connectivity index (χ1) is 10.0. The molecule has 1 aromatic rings. The van der Waals surface area contributed by atoms with Crippen molar-refractivity contribution in [2.45, 2.75) is 25.4 Å². The Morgan fingerprint density at radius 3 is 2.57 bits per heavy atom. The van der Waals surface area contributed by atoms with Gasteiger partial charge in [-0.2, -0.15) is 0 Å². The van der Waals surface area contributed by atoms with E-state index in [-0.39, 0.29) is 12.3 Å². The van der Waals surface area contributed by atoms with Gasteiger partial charge in [-0.3, -0.25) is 4.79 Å². The molecule has 1 fully saturated rings. The zero-order chi connectivity index (χ0) is 15.7. The number of allylic oxidation sites excluding steroid dienone is 1. The number of aliphatic hydroxyl groups is 1. The number of aliphatic hydroxyl groups excluding tert-OH is 1. The molecule has 21 heavy (non-hydrogen) atoms. The zero-order valence-electron chi connectivity index (χ0n) is 12.2. The lowest BCUT2D eigenvalue weighted by molar-refractivity contribution is -0.137. The van der Waals surface area contributed by atoms with Crippen LogP contribution in [0.2, 0.25) is 0 Å². The van der Waals surface area contributed by atoms with E-state index >= 15 is 0 Å². The van der Waals surface area contributed by atoms with Gasteiger partial charge in [-0.15, -0.1) is 6.58 Å². The van der Waals surface area contributed by atoms with Crippen LogP contribution < -0.4 is 5.32 Å². The molecule has 4 N–H and O–H groups in total. The number of aliphatic carboxylic acids is 1. The lowest BCUT2D eigenvalue weighted by Crippen LogP contribution is -2.30. The minimum Gasteiger partial charge on any atom is -0.481 e. The van der Waals surface area contributed by atoms with Crippen molar-refractivity contribution in [3.8, 4) is 0 Å². The molecular formula is C14H23N3O4. The van der Waals surface area contributed by atoms with Gasteiger partial charge in [-0.25, -0.2) is 4.98 Å². The second kappa shape index (κ2) is 9.28. The SMILES string of the molecule is C1COCCN1.C=CC(CC(=O)O)c1ncc(C(C)O)[nH]1. The van der Waals surface area contributed by atoms with Crippen LogP contribution in [0.3, 0.4) is 0 Å². The van der Waals surface area contributed by atoms with Crippen LogP contribution >= 0.6 is 0 Å². The summed E-state index contributed by atoms with van der Waals surface area (Å²) in [6.07, 6.45) is 2.33. The second-order valence-corrected chi connectivity index (χ2v) is 4.70. The average Bonchev–Trinajstić information content (AvgIpc) is 2.97. The van der Waals surface area contributed by atoms with E-state index < -0.39 is 12.1 Å².